The van der Waals surface area contributed by atoms with Crippen LogP contribution in [0.15, 0.2) is 206 Å². The average molecular weight is 726 g/mol. The molecule has 1 unspecified atom stereocenters. The molecule has 268 valence electrons. The van der Waals surface area contributed by atoms with E-state index in [4.69, 9.17) is 0 Å². The highest BCUT2D eigenvalue weighted by Gasteiger charge is 2.52. The predicted molar refractivity (Wildman–Crippen MR) is 239 cm³/mol. The fourth-order valence-corrected chi connectivity index (χ4v) is 10.6. The molecule has 1 spiro atoms. The summed E-state index contributed by atoms with van der Waals surface area (Å²) in [5.74, 6) is 0. The van der Waals surface area contributed by atoms with Gasteiger partial charge < -0.3 is 5.32 Å². The van der Waals surface area contributed by atoms with Gasteiger partial charge in [0.2, 0.25) is 0 Å². The molecule has 0 saturated carbocycles. The van der Waals surface area contributed by atoms with Gasteiger partial charge in [-0.25, -0.2) is 0 Å². The van der Waals surface area contributed by atoms with Crippen LogP contribution in [-0.2, 0) is 5.41 Å². The van der Waals surface area contributed by atoms with E-state index >= 15 is 0 Å². The van der Waals surface area contributed by atoms with Gasteiger partial charge in [-0.1, -0.05) is 176 Å². The Bertz CT molecular complexity index is 3020. The van der Waals surface area contributed by atoms with Crippen LogP contribution >= 0.6 is 0 Å². The van der Waals surface area contributed by atoms with Gasteiger partial charge in [-0.05, 0) is 137 Å². The van der Waals surface area contributed by atoms with E-state index in [-0.39, 0.29) is 11.5 Å². The van der Waals surface area contributed by atoms with Crippen molar-refractivity contribution in [2.45, 2.75) is 24.3 Å². The van der Waals surface area contributed by atoms with E-state index in [9.17, 15) is 0 Å². The molecule has 4 aliphatic rings. The van der Waals surface area contributed by atoms with Crippen LogP contribution in [0.25, 0.3) is 60.6 Å². The van der Waals surface area contributed by atoms with Crippen molar-refractivity contribution in [3.8, 4) is 22.3 Å². The van der Waals surface area contributed by atoms with Crippen LogP contribution in [0.5, 0.6) is 0 Å². The molecular weight excluding hydrogens is 687 g/mol. The van der Waals surface area contributed by atoms with Gasteiger partial charge in [0.15, 0.2) is 0 Å². The highest BCUT2D eigenvalue weighted by atomic mass is 14.9. The molecular formula is C56H39N. The van der Waals surface area contributed by atoms with Crippen molar-refractivity contribution in [3.05, 3.63) is 245 Å². The summed E-state index contributed by atoms with van der Waals surface area (Å²) in [5.41, 5.74) is 19.4. The molecule has 3 aliphatic carbocycles. The highest BCUT2D eigenvalue weighted by molar-refractivity contribution is 6.18. The fourth-order valence-electron chi connectivity index (χ4n) is 10.6. The summed E-state index contributed by atoms with van der Waals surface area (Å²) in [6.07, 6.45) is 11.6. The molecule has 1 atom stereocenters. The Morgan fingerprint density at radius 3 is 1.88 bits per heavy atom. The van der Waals surface area contributed by atoms with Crippen LogP contribution in [-0.4, -0.2) is 0 Å². The smallest absolute Gasteiger partial charge is 0.0707 e. The molecule has 8 aromatic carbocycles. The second-order valence-electron chi connectivity index (χ2n) is 15.9. The minimum Gasteiger partial charge on any atom is -0.374 e. The minimum absolute atomic E-state index is 0.0185. The molecule has 1 heteroatoms. The van der Waals surface area contributed by atoms with Gasteiger partial charge in [-0.15, -0.1) is 0 Å². The first kappa shape index (κ1) is 32.3. The van der Waals surface area contributed by atoms with E-state index in [1.165, 1.54) is 93.9 Å². The number of hydrogen-bond donors (Lipinski definition) is 1. The number of fused-ring (bicyclic) bond motifs is 6. The Morgan fingerprint density at radius 1 is 0.509 bits per heavy atom. The lowest BCUT2D eigenvalue weighted by atomic mass is 9.67. The molecule has 0 fully saturated rings. The molecule has 0 radical (unpaired) electrons. The maximum atomic E-state index is 3.87. The summed E-state index contributed by atoms with van der Waals surface area (Å²) < 4.78 is 0. The van der Waals surface area contributed by atoms with Crippen molar-refractivity contribution < 1.29 is 0 Å². The van der Waals surface area contributed by atoms with Crippen LogP contribution < -0.4 is 5.32 Å². The number of benzene rings is 8. The first-order valence-corrected chi connectivity index (χ1v) is 20.3. The number of rotatable bonds is 5. The average Bonchev–Trinajstić information content (AvgIpc) is 3.77. The number of dihydropyridines is 1. The van der Waals surface area contributed by atoms with E-state index in [0.717, 1.165) is 18.5 Å². The van der Waals surface area contributed by atoms with E-state index in [1.54, 1.807) is 5.57 Å². The van der Waals surface area contributed by atoms with E-state index in [2.05, 4.69) is 206 Å². The monoisotopic (exact) mass is 725 g/mol. The van der Waals surface area contributed by atoms with Gasteiger partial charge in [-0.2, -0.15) is 0 Å². The third-order valence-corrected chi connectivity index (χ3v) is 13.0. The number of hydrogen-bond acceptors (Lipinski definition) is 1. The number of allylic oxidation sites excluding steroid dienone is 6. The second-order valence-corrected chi connectivity index (χ2v) is 15.9. The SMILES string of the molecule is C1=CC2=C(CC1)C1(c3cccc(-c4cccc(-c5cccc(C6C=C(c7ccccc7)C=C(c7ccccc7)N6)c5)c4)c32)c2cccc3ccc4cccc1c4c23. The lowest BCUT2D eigenvalue weighted by Crippen LogP contribution is -2.28. The lowest BCUT2D eigenvalue weighted by Gasteiger charge is -2.33. The molecule has 1 N–H and O–H groups in total. The van der Waals surface area contributed by atoms with Crippen LogP contribution in [0, 0.1) is 0 Å². The molecule has 12 rings (SSSR count). The molecule has 1 aliphatic heterocycles. The molecule has 1 nitrogen and oxygen atoms in total. The first-order valence-electron chi connectivity index (χ1n) is 20.3. The summed E-state index contributed by atoms with van der Waals surface area (Å²) in [6.45, 7) is 0. The highest BCUT2D eigenvalue weighted by Crippen LogP contribution is 2.64. The van der Waals surface area contributed by atoms with E-state index in [0.29, 0.717) is 0 Å². The summed E-state index contributed by atoms with van der Waals surface area (Å²) in [5, 5.41) is 9.40. The normalized spacial score (nSPS) is 17.2. The zero-order valence-electron chi connectivity index (χ0n) is 31.5. The van der Waals surface area contributed by atoms with Gasteiger partial charge >= 0.3 is 0 Å². The van der Waals surface area contributed by atoms with Crippen LogP contribution in [0.4, 0.5) is 0 Å². The Morgan fingerprint density at radius 2 is 1.12 bits per heavy atom. The molecule has 57 heavy (non-hydrogen) atoms. The Hall–Kier alpha value is -6.96. The minimum atomic E-state index is -0.285. The molecule has 0 aromatic heterocycles. The Balaban J connectivity index is 0.976. The molecule has 0 saturated heterocycles. The largest absolute Gasteiger partial charge is 0.374 e. The first-order chi connectivity index (χ1) is 28.3. The standard InChI is InChI=1S/C56H39N/c1-3-14-36(15-4-1)44-34-51(37-16-5-2-6-17-37)57-52(35-44)43-23-10-21-41(33-43)40-20-9-22-42(32-40)45-25-13-29-50-55(45)46-24-7-8-26-47(46)56(50)48-27-11-18-38-30-31-39-19-12-28-49(56)54(39)53(38)48/h1-7,9-25,27-35,52,57H,8,26H2. The van der Waals surface area contributed by atoms with Crippen molar-refractivity contribution in [1.82, 2.24) is 5.32 Å². The van der Waals surface area contributed by atoms with Crippen molar-refractivity contribution in [1.29, 1.82) is 0 Å². The van der Waals surface area contributed by atoms with Gasteiger partial charge in [0.1, 0.15) is 0 Å². The topological polar surface area (TPSA) is 12.0 Å². The van der Waals surface area contributed by atoms with Crippen molar-refractivity contribution in [2.75, 3.05) is 0 Å². The van der Waals surface area contributed by atoms with E-state index in [1.807, 2.05) is 0 Å². The number of nitrogens with one attached hydrogen (secondary N) is 1. The second kappa shape index (κ2) is 12.5. The van der Waals surface area contributed by atoms with Gasteiger partial charge in [0.25, 0.3) is 0 Å². The lowest BCUT2D eigenvalue weighted by molar-refractivity contribution is 0.716. The third-order valence-electron chi connectivity index (χ3n) is 13.0. The van der Waals surface area contributed by atoms with Crippen molar-refractivity contribution in [2.24, 2.45) is 0 Å². The quantitative estimate of drug-likeness (QED) is 0.174. The summed E-state index contributed by atoms with van der Waals surface area (Å²) in [4.78, 5) is 0. The van der Waals surface area contributed by atoms with Gasteiger partial charge in [0, 0.05) is 5.70 Å². The Labute approximate surface area is 333 Å². The fraction of sp³-hybridized carbons (Fsp3) is 0.0714. The maximum absolute atomic E-state index is 3.87. The molecule has 0 bridgehead atoms. The summed E-state index contributed by atoms with van der Waals surface area (Å²) in [6, 6.07) is 65.4. The van der Waals surface area contributed by atoms with Gasteiger partial charge in [-0.3, -0.25) is 0 Å². The Kier molecular flexibility index (Phi) is 7.10. The van der Waals surface area contributed by atoms with Gasteiger partial charge in [0.05, 0.1) is 11.5 Å². The third kappa shape index (κ3) is 4.76. The predicted octanol–water partition coefficient (Wildman–Crippen LogP) is 13.9. The van der Waals surface area contributed by atoms with Crippen molar-refractivity contribution >= 4 is 38.4 Å². The van der Waals surface area contributed by atoms with Crippen LogP contribution in [0.1, 0.15) is 57.8 Å². The molecule has 1 heterocycles. The maximum Gasteiger partial charge on any atom is 0.0707 e. The van der Waals surface area contributed by atoms with Crippen LogP contribution in [0.3, 0.4) is 0 Å². The zero-order chi connectivity index (χ0) is 37.5. The molecule has 0 amide bonds. The summed E-state index contributed by atoms with van der Waals surface area (Å²) in [7, 11) is 0. The molecule has 8 aromatic rings. The van der Waals surface area contributed by atoms with E-state index < -0.39 is 0 Å². The van der Waals surface area contributed by atoms with Crippen molar-refractivity contribution in [3.63, 3.8) is 0 Å². The zero-order valence-corrected chi connectivity index (χ0v) is 31.5. The summed E-state index contributed by atoms with van der Waals surface area (Å²) >= 11 is 0. The van der Waals surface area contributed by atoms with Crippen LogP contribution in [0.2, 0.25) is 0 Å².